The third-order valence-corrected chi connectivity index (χ3v) is 2.65. The summed E-state index contributed by atoms with van der Waals surface area (Å²) < 4.78 is 0. The molecule has 2 unspecified atom stereocenters. The van der Waals surface area contributed by atoms with E-state index < -0.39 is 0 Å². The van der Waals surface area contributed by atoms with E-state index in [1.165, 1.54) is 6.54 Å². The van der Waals surface area contributed by atoms with Crippen LogP contribution in [-0.2, 0) is 0 Å². The van der Waals surface area contributed by atoms with E-state index in [1.807, 2.05) is 0 Å². The Morgan fingerprint density at radius 3 is 3.00 bits per heavy atom. The van der Waals surface area contributed by atoms with Crippen LogP contribution in [0.25, 0.3) is 0 Å². The van der Waals surface area contributed by atoms with Crippen LogP contribution in [0.4, 0.5) is 0 Å². The van der Waals surface area contributed by atoms with E-state index in [4.69, 9.17) is 11.6 Å². The summed E-state index contributed by atoms with van der Waals surface area (Å²) in [4.78, 5) is 2.51. The van der Waals surface area contributed by atoms with Crippen molar-refractivity contribution in [1.82, 2.24) is 10.2 Å². The molecule has 0 spiro atoms. The molecule has 1 saturated heterocycles. The van der Waals surface area contributed by atoms with Crippen molar-refractivity contribution in [2.75, 3.05) is 26.2 Å². The molecule has 0 aromatic carbocycles. The van der Waals surface area contributed by atoms with Gasteiger partial charge in [-0.3, -0.25) is 4.90 Å². The second-order valence-corrected chi connectivity index (χ2v) is 4.25. The highest BCUT2D eigenvalue weighted by Crippen LogP contribution is 2.12. The van der Waals surface area contributed by atoms with Gasteiger partial charge in [0.2, 0.25) is 0 Å². The Morgan fingerprint density at radius 2 is 2.42 bits per heavy atom. The van der Waals surface area contributed by atoms with Crippen LogP contribution < -0.4 is 5.32 Å². The van der Waals surface area contributed by atoms with Crippen LogP contribution in [0.2, 0.25) is 0 Å². The average molecular weight is 191 g/mol. The summed E-state index contributed by atoms with van der Waals surface area (Å²) in [7, 11) is 0. The van der Waals surface area contributed by atoms with Crippen LogP contribution in [0.1, 0.15) is 20.3 Å². The smallest absolute Gasteiger partial charge is 0.0323 e. The minimum absolute atomic E-state index is 0.295. The third-order valence-electron chi connectivity index (χ3n) is 2.48. The van der Waals surface area contributed by atoms with Crippen molar-refractivity contribution >= 4 is 11.6 Å². The van der Waals surface area contributed by atoms with Gasteiger partial charge in [0, 0.05) is 31.1 Å². The zero-order chi connectivity index (χ0) is 8.97. The summed E-state index contributed by atoms with van der Waals surface area (Å²) in [5.74, 6) is 0. The molecule has 3 heteroatoms. The monoisotopic (exact) mass is 190 g/mol. The number of alkyl halides is 1. The van der Waals surface area contributed by atoms with Gasteiger partial charge in [0.05, 0.1) is 0 Å². The van der Waals surface area contributed by atoms with E-state index >= 15 is 0 Å². The van der Waals surface area contributed by atoms with E-state index in [1.54, 1.807) is 0 Å². The Kier molecular flexibility index (Phi) is 4.33. The lowest BCUT2D eigenvalue weighted by Gasteiger charge is -2.35. The fourth-order valence-electron chi connectivity index (χ4n) is 1.83. The number of hydrogen-bond donors (Lipinski definition) is 1. The molecule has 0 radical (unpaired) electrons. The molecule has 0 aromatic heterocycles. The van der Waals surface area contributed by atoms with Crippen molar-refractivity contribution in [2.24, 2.45) is 0 Å². The Morgan fingerprint density at radius 1 is 1.67 bits per heavy atom. The van der Waals surface area contributed by atoms with Gasteiger partial charge in [-0.05, 0) is 19.9 Å². The summed E-state index contributed by atoms with van der Waals surface area (Å²) >= 11 is 5.98. The summed E-state index contributed by atoms with van der Waals surface area (Å²) in [6, 6.07) is 0.649. The Balaban J connectivity index is 2.36. The highest BCUT2D eigenvalue weighted by atomic mass is 35.5. The maximum atomic E-state index is 5.98. The maximum Gasteiger partial charge on any atom is 0.0323 e. The fourth-order valence-corrected chi connectivity index (χ4v) is 2.03. The Hall–Kier alpha value is 0.210. The average Bonchev–Trinajstić information content (AvgIpc) is 2.04. The predicted octanol–water partition coefficient (Wildman–Crippen LogP) is 1.30. The lowest BCUT2D eigenvalue weighted by Crippen LogP contribution is -2.51. The molecule has 0 saturated carbocycles. The molecular formula is C9H19ClN2. The highest BCUT2D eigenvalue weighted by molar-refractivity contribution is 6.20. The van der Waals surface area contributed by atoms with E-state index in [0.29, 0.717) is 11.4 Å². The lowest BCUT2D eigenvalue weighted by molar-refractivity contribution is 0.161. The molecular weight excluding hydrogens is 172 g/mol. The topological polar surface area (TPSA) is 15.3 Å². The number of hydrogen-bond acceptors (Lipinski definition) is 2. The molecule has 1 rings (SSSR count). The number of likely N-dealkylation sites (N-methyl/N-ethyl adjacent to an activating group) is 1. The SMILES string of the molecule is CCN1CCNCC1CC(C)Cl. The quantitative estimate of drug-likeness (QED) is 0.675. The standard InChI is InChI=1S/C9H19ClN2/c1-3-12-5-4-11-7-9(12)6-8(2)10/h8-9,11H,3-7H2,1-2H3. The van der Waals surface area contributed by atoms with Crippen LogP contribution in [0.5, 0.6) is 0 Å². The fraction of sp³-hybridized carbons (Fsp3) is 1.00. The number of halogens is 1. The van der Waals surface area contributed by atoms with E-state index in [9.17, 15) is 0 Å². The maximum absolute atomic E-state index is 5.98. The van der Waals surface area contributed by atoms with E-state index in [-0.39, 0.29) is 0 Å². The van der Waals surface area contributed by atoms with E-state index in [0.717, 1.165) is 26.1 Å². The molecule has 0 amide bonds. The van der Waals surface area contributed by atoms with Crippen LogP contribution in [0.15, 0.2) is 0 Å². The van der Waals surface area contributed by atoms with Gasteiger partial charge in [0.15, 0.2) is 0 Å². The second kappa shape index (κ2) is 5.05. The molecule has 1 N–H and O–H groups in total. The zero-order valence-corrected chi connectivity index (χ0v) is 8.77. The van der Waals surface area contributed by atoms with Crippen LogP contribution in [0.3, 0.4) is 0 Å². The van der Waals surface area contributed by atoms with Gasteiger partial charge in [-0.2, -0.15) is 0 Å². The first-order chi connectivity index (χ1) is 5.74. The molecule has 72 valence electrons. The van der Waals surface area contributed by atoms with Crippen molar-refractivity contribution in [1.29, 1.82) is 0 Å². The van der Waals surface area contributed by atoms with Gasteiger partial charge in [-0.15, -0.1) is 11.6 Å². The lowest BCUT2D eigenvalue weighted by atomic mass is 10.1. The van der Waals surface area contributed by atoms with Crippen molar-refractivity contribution in [3.8, 4) is 0 Å². The van der Waals surface area contributed by atoms with Gasteiger partial charge in [-0.25, -0.2) is 0 Å². The van der Waals surface area contributed by atoms with Gasteiger partial charge in [-0.1, -0.05) is 6.92 Å². The largest absolute Gasteiger partial charge is 0.314 e. The molecule has 1 aliphatic rings. The number of nitrogens with one attached hydrogen (secondary N) is 1. The van der Waals surface area contributed by atoms with E-state index in [2.05, 4.69) is 24.1 Å². The highest BCUT2D eigenvalue weighted by Gasteiger charge is 2.21. The number of rotatable bonds is 3. The summed E-state index contributed by atoms with van der Waals surface area (Å²) in [5, 5.41) is 3.70. The first-order valence-electron chi connectivity index (χ1n) is 4.83. The van der Waals surface area contributed by atoms with Gasteiger partial charge in [0.1, 0.15) is 0 Å². The minimum atomic E-state index is 0.295. The second-order valence-electron chi connectivity index (χ2n) is 3.50. The molecule has 1 heterocycles. The number of piperazine rings is 1. The normalized spacial score (nSPS) is 28.8. The van der Waals surface area contributed by atoms with Gasteiger partial charge < -0.3 is 5.32 Å². The summed E-state index contributed by atoms with van der Waals surface area (Å²) in [6.07, 6.45) is 1.10. The van der Waals surface area contributed by atoms with Crippen LogP contribution >= 0.6 is 11.6 Å². The number of nitrogens with zero attached hydrogens (tertiary/aromatic N) is 1. The Bertz CT molecular complexity index is 128. The van der Waals surface area contributed by atoms with Gasteiger partial charge in [0.25, 0.3) is 0 Å². The molecule has 1 aliphatic heterocycles. The van der Waals surface area contributed by atoms with Crippen LogP contribution in [-0.4, -0.2) is 42.5 Å². The first kappa shape index (κ1) is 10.3. The van der Waals surface area contributed by atoms with Crippen molar-refractivity contribution in [3.63, 3.8) is 0 Å². The first-order valence-corrected chi connectivity index (χ1v) is 5.26. The molecule has 2 atom stereocenters. The summed E-state index contributed by atoms with van der Waals surface area (Å²) in [6.45, 7) is 8.84. The van der Waals surface area contributed by atoms with Gasteiger partial charge >= 0.3 is 0 Å². The molecule has 12 heavy (non-hydrogen) atoms. The molecule has 0 aliphatic carbocycles. The Labute approximate surface area is 80.3 Å². The van der Waals surface area contributed by atoms with Crippen molar-refractivity contribution < 1.29 is 0 Å². The molecule has 2 nitrogen and oxygen atoms in total. The van der Waals surface area contributed by atoms with Crippen molar-refractivity contribution in [3.05, 3.63) is 0 Å². The molecule has 0 aromatic rings. The zero-order valence-electron chi connectivity index (χ0n) is 8.02. The third kappa shape index (κ3) is 2.92. The summed E-state index contributed by atoms with van der Waals surface area (Å²) in [5.41, 5.74) is 0. The molecule has 1 fully saturated rings. The van der Waals surface area contributed by atoms with Crippen molar-refractivity contribution in [2.45, 2.75) is 31.7 Å². The minimum Gasteiger partial charge on any atom is -0.314 e. The predicted molar refractivity (Wildman–Crippen MR) is 53.8 cm³/mol. The van der Waals surface area contributed by atoms with Crippen LogP contribution in [0, 0.1) is 0 Å². The molecule has 0 bridgehead atoms.